The third-order valence-corrected chi connectivity index (χ3v) is 3.46. The van der Waals surface area contributed by atoms with Crippen molar-refractivity contribution in [2.75, 3.05) is 6.54 Å². The Morgan fingerprint density at radius 1 is 1.00 bits per heavy atom. The molecular weight excluding hydrogens is 266 g/mol. The summed E-state index contributed by atoms with van der Waals surface area (Å²) in [5, 5.41) is 11.4. The molecule has 1 rings (SSSR count). The van der Waals surface area contributed by atoms with E-state index in [1.807, 2.05) is 0 Å². The molecule has 1 amide bonds. The fourth-order valence-electron chi connectivity index (χ4n) is 2.09. The van der Waals surface area contributed by atoms with Crippen molar-refractivity contribution < 1.29 is 14.7 Å². The lowest BCUT2D eigenvalue weighted by Gasteiger charge is -2.05. The molecule has 0 atom stereocenters. The van der Waals surface area contributed by atoms with Crippen LogP contribution in [0.5, 0.6) is 0 Å². The van der Waals surface area contributed by atoms with Crippen molar-refractivity contribution in [2.45, 2.75) is 51.9 Å². The maximum absolute atomic E-state index is 11.7. The van der Waals surface area contributed by atoms with Gasteiger partial charge in [-0.15, -0.1) is 0 Å². The monoisotopic (exact) mass is 291 g/mol. The highest BCUT2D eigenvalue weighted by Crippen LogP contribution is 2.07. The first-order valence-electron chi connectivity index (χ1n) is 7.68. The second kappa shape index (κ2) is 9.97. The van der Waals surface area contributed by atoms with E-state index in [9.17, 15) is 9.59 Å². The Hall–Kier alpha value is -1.84. The van der Waals surface area contributed by atoms with Crippen LogP contribution >= 0.6 is 0 Å². The molecule has 1 aromatic rings. The summed E-state index contributed by atoms with van der Waals surface area (Å²) in [6, 6.07) is 8.38. The molecule has 0 aliphatic rings. The van der Waals surface area contributed by atoms with Crippen molar-refractivity contribution in [3.05, 3.63) is 35.4 Å². The number of benzene rings is 1. The maximum Gasteiger partial charge on any atom is 0.303 e. The molecule has 0 heterocycles. The second-order valence-corrected chi connectivity index (χ2v) is 5.22. The fourth-order valence-corrected chi connectivity index (χ4v) is 2.09. The molecule has 4 heteroatoms. The second-order valence-electron chi connectivity index (χ2n) is 5.22. The van der Waals surface area contributed by atoms with Crippen molar-refractivity contribution >= 4 is 11.9 Å². The zero-order valence-electron chi connectivity index (χ0n) is 12.7. The molecule has 116 valence electrons. The number of aliphatic carboxylic acids is 1. The highest BCUT2D eigenvalue weighted by Gasteiger charge is 2.02. The zero-order valence-corrected chi connectivity index (χ0v) is 12.7. The molecule has 0 spiro atoms. The lowest BCUT2D eigenvalue weighted by molar-refractivity contribution is -0.137. The maximum atomic E-state index is 11.7. The number of carbonyl (C=O) groups is 2. The normalized spacial score (nSPS) is 10.3. The van der Waals surface area contributed by atoms with Crippen LogP contribution in [0.3, 0.4) is 0 Å². The van der Waals surface area contributed by atoms with E-state index in [2.05, 4.69) is 36.5 Å². The van der Waals surface area contributed by atoms with Crippen LogP contribution in [-0.2, 0) is 22.4 Å². The first kappa shape index (κ1) is 17.2. The summed E-state index contributed by atoms with van der Waals surface area (Å²) < 4.78 is 0. The first-order chi connectivity index (χ1) is 10.1. The number of rotatable bonds is 10. The van der Waals surface area contributed by atoms with Crippen molar-refractivity contribution in [1.29, 1.82) is 0 Å². The Labute approximate surface area is 126 Å². The van der Waals surface area contributed by atoms with Gasteiger partial charge in [-0.1, -0.05) is 37.6 Å². The van der Waals surface area contributed by atoms with Gasteiger partial charge in [-0.2, -0.15) is 0 Å². The smallest absolute Gasteiger partial charge is 0.303 e. The lowest BCUT2D eigenvalue weighted by atomic mass is 10.1. The van der Waals surface area contributed by atoms with Crippen LogP contribution in [0.15, 0.2) is 24.3 Å². The Morgan fingerprint density at radius 3 is 2.29 bits per heavy atom. The van der Waals surface area contributed by atoms with Gasteiger partial charge in [0.1, 0.15) is 0 Å². The number of carbonyl (C=O) groups excluding carboxylic acids is 1. The predicted molar refractivity (Wildman–Crippen MR) is 83.3 cm³/mol. The van der Waals surface area contributed by atoms with Crippen molar-refractivity contribution in [3.63, 3.8) is 0 Å². The number of unbranched alkanes of at least 4 members (excludes halogenated alkanes) is 2. The van der Waals surface area contributed by atoms with Gasteiger partial charge in [0.05, 0.1) is 0 Å². The van der Waals surface area contributed by atoms with Gasteiger partial charge in [0, 0.05) is 19.4 Å². The minimum atomic E-state index is -0.756. The summed E-state index contributed by atoms with van der Waals surface area (Å²) in [4.78, 5) is 22.0. The molecule has 0 aliphatic heterocycles. The molecule has 2 N–H and O–H groups in total. The van der Waals surface area contributed by atoms with Crippen molar-refractivity contribution in [3.8, 4) is 0 Å². The standard InChI is InChI=1S/C17H25NO3/c1-2-14-7-9-15(10-8-14)11-12-16(19)18-13-5-3-4-6-17(20)21/h7-10H,2-6,11-13H2,1H3,(H,18,19)(H,20,21). The molecule has 4 nitrogen and oxygen atoms in total. The number of aryl methyl sites for hydroxylation is 2. The summed E-state index contributed by atoms with van der Waals surface area (Å²) in [6.45, 7) is 2.76. The molecule has 0 unspecified atom stereocenters. The van der Waals surface area contributed by atoms with E-state index < -0.39 is 5.97 Å². The third kappa shape index (κ3) is 8.12. The molecule has 0 radical (unpaired) electrons. The van der Waals surface area contributed by atoms with Crippen LogP contribution in [0.25, 0.3) is 0 Å². The van der Waals surface area contributed by atoms with Crippen LogP contribution in [0.4, 0.5) is 0 Å². The molecule has 0 fully saturated rings. The molecule has 0 aliphatic carbocycles. The van der Waals surface area contributed by atoms with E-state index in [0.717, 1.165) is 25.7 Å². The molecule has 0 aromatic heterocycles. The highest BCUT2D eigenvalue weighted by molar-refractivity contribution is 5.76. The van der Waals surface area contributed by atoms with Gasteiger partial charge in [-0.3, -0.25) is 9.59 Å². The Bertz CT molecular complexity index is 440. The number of nitrogens with one attached hydrogen (secondary N) is 1. The summed E-state index contributed by atoms with van der Waals surface area (Å²) in [5.41, 5.74) is 2.49. The number of carboxylic acids is 1. The van der Waals surface area contributed by atoms with Crippen LogP contribution in [0.2, 0.25) is 0 Å². The topological polar surface area (TPSA) is 66.4 Å². The Kier molecular flexibility index (Phi) is 8.17. The molecule has 0 saturated carbocycles. The minimum absolute atomic E-state index is 0.0628. The van der Waals surface area contributed by atoms with Gasteiger partial charge < -0.3 is 10.4 Å². The zero-order chi connectivity index (χ0) is 15.5. The van der Waals surface area contributed by atoms with E-state index >= 15 is 0 Å². The van der Waals surface area contributed by atoms with Gasteiger partial charge in [0.2, 0.25) is 5.91 Å². The molecule has 1 aromatic carbocycles. The molecule has 0 bridgehead atoms. The summed E-state index contributed by atoms with van der Waals surface area (Å²) in [5.74, 6) is -0.694. The number of hydrogen-bond donors (Lipinski definition) is 2. The molecule has 0 saturated heterocycles. The SMILES string of the molecule is CCc1ccc(CCC(=O)NCCCCCC(=O)O)cc1. The molecular formula is C17H25NO3. The Balaban J connectivity index is 2.09. The van der Waals surface area contributed by atoms with Crippen molar-refractivity contribution in [1.82, 2.24) is 5.32 Å². The van der Waals surface area contributed by atoms with Crippen LogP contribution in [0.1, 0.15) is 50.2 Å². The van der Waals surface area contributed by atoms with E-state index in [1.54, 1.807) is 0 Å². The van der Waals surface area contributed by atoms with E-state index in [1.165, 1.54) is 11.1 Å². The number of carboxylic acid groups (broad SMARTS) is 1. The third-order valence-electron chi connectivity index (χ3n) is 3.46. The average Bonchev–Trinajstić information content (AvgIpc) is 2.49. The average molecular weight is 291 g/mol. The lowest BCUT2D eigenvalue weighted by Crippen LogP contribution is -2.24. The minimum Gasteiger partial charge on any atom is -0.481 e. The predicted octanol–water partition coefficient (Wildman–Crippen LogP) is 2.94. The number of hydrogen-bond acceptors (Lipinski definition) is 2. The molecule has 21 heavy (non-hydrogen) atoms. The van der Waals surface area contributed by atoms with E-state index in [0.29, 0.717) is 19.4 Å². The summed E-state index contributed by atoms with van der Waals surface area (Å²) >= 11 is 0. The van der Waals surface area contributed by atoms with Gasteiger partial charge >= 0.3 is 5.97 Å². The fraction of sp³-hybridized carbons (Fsp3) is 0.529. The highest BCUT2D eigenvalue weighted by atomic mass is 16.4. The summed E-state index contributed by atoms with van der Waals surface area (Å²) in [6.07, 6.45) is 4.85. The van der Waals surface area contributed by atoms with Crippen LogP contribution in [-0.4, -0.2) is 23.5 Å². The van der Waals surface area contributed by atoms with Crippen LogP contribution in [0, 0.1) is 0 Å². The van der Waals surface area contributed by atoms with Gasteiger partial charge in [0.15, 0.2) is 0 Å². The largest absolute Gasteiger partial charge is 0.481 e. The van der Waals surface area contributed by atoms with E-state index in [4.69, 9.17) is 5.11 Å². The van der Waals surface area contributed by atoms with Gasteiger partial charge in [0.25, 0.3) is 0 Å². The van der Waals surface area contributed by atoms with Gasteiger partial charge in [-0.05, 0) is 36.8 Å². The number of amides is 1. The van der Waals surface area contributed by atoms with Gasteiger partial charge in [-0.25, -0.2) is 0 Å². The Morgan fingerprint density at radius 2 is 1.67 bits per heavy atom. The van der Waals surface area contributed by atoms with Crippen LogP contribution < -0.4 is 5.32 Å². The van der Waals surface area contributed by atoms with Crippen molar-refractivity contribution in [2.24, 2.45) is 0 Å². The quantitative estimate of drug-likeness (QED) is 0.651. The first-order valence-corrected chi connectivity index (χ1v) is 7.68. The summed E-state index contributed by atoms with van der Waals surface area (Å²) in [7, 11) is 0. The van der Waals surface area contributed by atoms with E-state index in [-0.39, 0.29) is 12.3 Å².